The number of rotatable bonds is 8. The molecular weight excluding hydrogens is 538 g/mol. The molecule has 0 spiro atoms. The van der Waals surface area contributed by atoms with Gasteiger partial charge in [0.25, 0.3) is 11.8 Å². The van der Waals surface area contributed by atoms with Crippen molar-refractivity contribution < 1.29 is 14.3 Å². The molecular formula is C32H32ClN5O3. The number of halogens is 1. The molecule has 4 aromatic rings. The van der Waals surface area contributed by atoms with Crippen LogP contribution in [-0.2, 0) is 17.7 Å². The van der Waals surface area contributed by atoms with E-state index in [0.717, 1.165) is 59.8 Å². The van der Waals surface area contributed by atoms with E-state index in [2.05, 4.69) is 53.1 Å². The summed E-state index contributed by atoms with van der Waals surface area (Å²) < 4.78 is 7.53. The Morgan fingerprint density at radius 2 is 1.73 bits per heavy atom. The van der Waals surface area contributed by atoms with E-state index in [0.29, 0.717) is 47.1 Å². The minimum absolute atomic E-state index is 0.293. The molecule has 0 bridgehead atoms. The molecule has 3 aromatic carbocycles. The minimum atomic E-state index is -0.463. The second-order valence-corrected chi connectivity index (χ2v) is 10.9. The van der Waals surface area contributed by atoms with E-state index in [1.807, 2.05) is 22.8 Å². The third-order valence-corrected chi connectivity index (χ3v) is 8.04. The zero-order valence-electron chi connectivity index (χ0n) is 23.3. The standard InChI is InChI=1S/C32H32ClN5O3/c1-3-4-8-28-35-30(33)27(37(28)20-22-11-9-21(2)10-12-22)19-34-38-31(39)24-7-5-6-23-26(36-15-17-41-18-16-36)14-13-25(29(23)24)32(38)40/h5-7,9-14,19H,3-4,8,15-18,20H2,1-2H3/b34-19+. The maximum Gasteiger partial charge on any atom is 0.282 e. The second kappa shape index (κ2) is 11.5. The van der Waals surface area contributed by atoms with Gasteiger partial charge in [-0.15, -0.1) is 0 Å². The highest BCUT2D eigenvalue weighted by molar-refractivity contribution is 6.32. The monoisotopic (exact) mass is 569 g/mol. The number of aryl methyl sites for hydroxylation is 2. The molecule has 2 aliphatic rings. The number of imide groups is 1. The Labute approximate surface area is 244 Å². The largest absolute Gasteiger partial charge is 0.378 e. The third-order valence-electron chi connectivity index (χ3n) is 7.77. The van der Waals surface area contributed by atoms with Crippen molar-refractivity contribution in [2.45, 2.75) is 39.7 Å². The molecule has 3 heterocycles. The van der Waals surface area contributed by atoms with Crippen molar-refractivity contribution in [2.24, 2.45) is 5.10 Å². The molecule has 0 N–H and O–H groups in total. The molecule has 0 aliphatic carbocycles. The number of morpholine rings is 1. The van der Waals surface area contributed by atoms with Crippen molar-refractivity contribution in [3.63, 3.8) is 0 Å². The van der Waals surface area contributed by atoms with Crippen LogP contribution >= 0.6 is 11.6 Å². The second-order valence-electron chi connectivity index (χ2n) is 10.5. The summed E-state index contributed by atoms with van der Waals surface area (Å²) in [5.41, 5.74) is 4.74. The Morgan fingerprint density at radius 3 is 2.46 bits per heavy atom. The molecule has 1 aromatic heterocycles. The van der Waals surface area contributed by atoms with E-state index in [1.165, 1.54) is 11.8 Å². The van der Waals surface area contributed by atoms with Gasteiger partial charge >= 0.3 is 0 Å². The highest BCUT2D eigenvalue weighted by atomic mass is 35.5. The number of nitrogens with zero attached hydrogens (tertiary/aromatic N) is 5. The fourth-order valence-electron chi connectivity index (χ4n) is 5.55. The van der Waals surface area contributed by atoms with Gasteiger partial charge in [-0.05, 0) is 37.1 Å². The van der Waals surface area contributed by atoms with Gasteiger partial charge in [0.2, 0.25) is 0 Å². The van der Waals surface area contributed by atoms with Gasteiger partial charge in [0.05, 0.1) is 30.6 Å². The van der Waals surface area contributed by atoms with E-state index in [9.17, 15) is 9.59 Å². The number of anilines is 1. The van der Waals surface area contributed by atoms with Crippen molar-refractivity contribution in [3.8, 4) is 0 Å². The van der Waals surface area contributed by atoms with Gasteiger partial charge in [0.15, 0.2) is 5.15 Å². The summed E-state index contributed by atoms with van der Waals surface area (Å²) in [6, 6.07) is 17.6. The van der Waals surface area contributed by atoms with Crippen LogP contribution in [0.15, 0.2) is 59.7 Å². The minimum Gasteiger partial charge on any atom is -0.378 e. The first-order valence-corrected chi connectivity index (χ1v) is 14.5. The molecule has 0 saturated carbocycles. The van der Waals surface area contributed by atoms with Crippen molar-refractivity contribution in [1.82, 2.24) is 14.6 Å². The predicted octanol–water partition coefficient (Wildman–Crippen LogP) is 5.86. The molecule has 41 heavy (non-hydrogen) atoms. The van der Waals surface area contributed by atoms with Gasteiger partial charge in [-0.2, -0.15) is 10.1 Å². The molecule has 6 rings (SSSR count). The van der Waals surface area contributed by atoms with Crippen molar-refractivity contribution >= 4 is 46.1 Å². The number of carbonyl (C=O) groups excluding carboxylic acids is 2. The Kier molecular flexibility index (Phi) is 7.60. The highest BCUT2D eigenvalue weighted by Gasteiger charge is 2.34. The van der Waals surface area contributed by atoms with E-state index in [1.54, 1.807) is 12.1 Å². The first kappa shape index (κ1) is 27.2. The van der Waals surface area contributed by atoms with E-state index in [-0.39, 0.29) is 0 Å². The SMILES string of the molecule is CCCCc1nc(Cl)c(/C=N/N2C(=O)c3cccc4c(N5CCOCC5)ccc(c34)C2=O)n1Cc1ccc(C)cc1. The van der Waals surface area contributed by atoms with E-state index < -0.39 is 11.8 Å². The van der Waals surface area contributed by atoms with Gasteiger partial charge in [-0.25, -0.2) is 4.98 Å². The van der Waals surface area contributed by atoms with Crippen LogP contribution in [0, 0.1) is 6.92 Å². The quantitative estimate of drug-likeness (QED) is 0.196. The summed E-state index contributed by atoms with van der Waals surface area (Å²) in [7, 11) is 0. The maximum absolute atomic E-state index is 13.7. The fourth-order valence-corrected chi connectivity index (χ4v) is 5.80. The third kappa shape index (κ3) is 5.13. The smallest absolute Gasteiger partial charge is 0.282 e. The Bertz CT molecular complexity index is 1630. The maximum atomic E-state index is 13.7. The number of aromatic nitrogens is 2. The molecule has 2 amide bonds. The van der Waals surface area contributed by atoms with Crippen LogP contribution in [-0.4, -0.2) is 58.9 Å². The Morgan fingerprint density at radius 1 is 1.00 bits per heavy atom. The molecule has 1 saturated heterocycles. The lowest BCUT2D eigenvalue weighted by molar-refractivity contribution is 0.0616. The predicted molar refractivity (Wildman–Crippen MR) is 161 cm³/mol. The lowest BCUT2D eigenvalue weighted by Crippen LogP contribution is -2.38. The molecule has 0 unspecified atom stereocenters. The van der Waals surface area contributed by atoms with Gasteiger partial charge in [0, 0.05) is 42.5 Å². The number of imidazole rings is 1. The highest BCUT2D eigenvalue weighted by Crippen LogP contribution is 2.36. The van der Waals surface area contributed by atoms with Crippen molar-refractivity contribution in [1.29, 1.82) is 0 Å². The number of unbranched alkanes of at least 4 members (excludes halogenated alkanes) is 1. The summed E-state index contributed by atoms with van der Waals surface area (Å²) >= 11 is 6.62. The van der Waals surface area contributed by atoms with E-state index >= 15 is 0 Å². The fraction of sp³-hybridized carbons (Fsp3) is 0.312. The number of benzene rings is 3. The summed E-state index contributed by atoms with van der Waals surface area (Å²) in [5, 5.41) is 7.21. The average Bonchev–Trinajstić information content (AvgIpc) is 3.29. The molecule has 0 radical (unpaired) electrons. The number of carbonyl (C=O) groups is 2. The van der Waals surface area contributed by atoms with Gasteiger partial charge < -0.3 is 14.2 Å². The van der Waals surface area contributed by atoms with Crippen LogP contribution in [0.25, 0.3) is 10.8 Å². The van der Waals surface area contributed by atoms with Crippen molar-refractivity contribution in [2.75, 3.05) is 31.2 Å². The van der Waals surface area contributed by atoms with Gasteiger partial charge in [-0.1, -0.05) is 66.9 Å². The average molecular weight is 570 g/mol. The summed E-state index contributed by atoms with van der Waals surface area (Å²) in [4.78, 5) is 34.2. The van der Waals surface area contributed by atoms with Crippen LogP contribution in [0.1, 0.15) is 63.1 Å². The van der Waals surface area contributed by atoms with Crippen LogP contribution < -0.4 is 4.90 Å². The van der Waals surface area contributed by atoms with Crippen LogP contribution in [0.5, 0.6) is 0 Å². The Balaban J connectivity index is 1.36. The summed E-state index contributed by atoms with van der Waals surface area (Å²) in [6.45, 7) is 7.54. The van der Waals surface area contributed by atoms with Crippen LogP contribution in [0.3, 0.4) is 0 Å². The number of hydrogen-bond donors (Lipinski definition) is 0. The lowest BCUT2D eigenvalue weighted by Gasteiger charge is -2.31. The molecule has 2 aliphatic heterocycles. The molecule has 8 nitrogen and oxygen atoms in total. The molecule has 9 heteroatoms. The van der Waals surface area contributed by atoms with E-state index in [4.69, 9.17) is 16.3 Å². The number of hydrogen-bond acceptors (Lipinski definition) is 6. The molecule has 0 atom stereocenters. The van der Waals surface area contributed by atoms with Crippen LogP contribution in [0.2, 0.25) is 5.15 Å². The zero-order chi connectivity index (χ0) is 28.5. The Hall–Kier alpha value is -4.01. The molecule has 210 valence electrons. The number of amides is 2. The van der Waals surface area contributed by atoms with Crippen LogP contribution in [0.4, 0.5) is 5.69 Å². The molecule has 1 fully saturated rings. The van der Waals surface area contributed by atoms with Crippen molar-refractivity contribution in [3.05, 3.63) is 93.5 Å². The summed E-state index contributed by atoms with van der Waals surface area (Å²) in [6.07, 6.45) is 4.24. The number of ether oxygens (including phenoxy) is 1. The first-order valence-electron chi connectivity index (χ1n) is 14.1. The van der Waals surface area contributed by atoms with Gasteiger partial charge in [0.1, 0.15) is 11.5 Å². The first-order chi connectivity index (χ1) is 20.0. The lowest BCUT2D eigenvalue weighted by atomic mass is 9.93. The van der Waals surface area contributed by atoms with Gasteiger partial charge in [-0.3, -0.25) is 9.59 Å². The normalized spacial score (nSPS) is 15.5. The zero-order valence-corrected chi connectivity index (χ0v) is 24.0. The summed E-state index contributed by atoms with van der Waals surface area (Å²) in [5.74, 6) is -0.0771. The topological polar surface area (TPSA) is 80.0 Å². The number of hydrazone groups is 1.